The maximum Gasteiger partial charge on any atom is 0.322 e. The molecule has 1 aliphatic rings. The zero-order chi connectivity index (χ0) is 10.6. The van der Waals surface area contributed by atoms with E-state index in [4.69, 9.17) is 5.73 Å². The zero-order valence-electron chi connectivity index (χ0n) is 8.95. The van der Waals surface area contributed by atoms with Crippen molar-refractivity contribution in [2.45, 2.75) is 38.3 Å². The molecule has 4 heteroatoms. The van der Waals surface area contributed by atoms with Crippen molar-refractivity contribution < 1.29 is 9.53 Å². The average molecular weight is 200 g/mol. The van der Waals surface area contributed by atoms with Gasteiger partial charge >= 0.3 is 5.97 Å². The lowest BCUT2D eigenvalue weighted by molar-refractivity contribution is -0.142. The van der Waals surface area contributed by atoms with Crippen molar-refractivity contribution in [1.29, 1.82) is 0 Å². The lowest BCUT2D eigenvalue weighted by Gasteiger charge is -2.15. The minimum atomic E-state index is -0.211. The van der Waals surface area contributed by atoms with Crippen molar-refractivity contribution in [3.05, 3.63) is 0 Å². The zero-order valence-corrected chi connectivity index (χ0v) is 8.95. The molecule has 1 aliphatic carbocycles. The van der Waals surface area contributed by atoms with Crippen LogP contribution in [0.5, 0.6) is 0 Å². The van der Waals surface area contributed by atoms with E-state index in [0.717, 1.165) is 19.4 Å². The quantitative estimate of drug-likeness (QED) is 0.639. The molecule has 0 aromatic carbocycles. The predicted octanol–water partition coefficient (Wildman–Crippen LogP) is 0.265. The number of carbonyl (C=O) groups is 1. The summed E-state index contributed by atoms with van der Waals surface area (Å²) in [6.45, 7) is 2.69. The molecule has 0 amide bonds. The first-order chi connectivity index (χ1) is 6.63. The van der Waals surface area contributed by atoms with Gasteiger partial charge in [-0.25, -0.2) is 0 Å². The van der Waals surface area contributed by atoms with Crippen LogP contribution in [-0.4, -0.2) is 31.7 Å². The number of nitrogens with two attached hydrogens (primary N) is 1. The molecule has 3 atom stereocenters. The molecule has 0 aromatic rings. The number of hydrogen-bond acceptors (Lipinski definition) is 4. The van der Waals surface area contributed by atoms with Crippen molar-refractivity contribution >= 4 is 5.97 Å². The third-order valence-electron chi connectivity index (χ3n) is 2.85. The van der Waals surface area contributed by atoms with Gasteiger partial charge in [0.1, 0.15) is 6.04 Å². The van der Waals surface area contributed by atoms with Crippen molar-refractivity contribution in [2.75, 3.05) is 13.7 Å². The molecule has 1 rings (SSSR count). The monoisotopic (exact) mass is 200 g/mol. The van der Waals surface area contributed by atoms with Gasteiger partial charge in [0, 0.05) is 6.04 Å². The highest BCUT2D eigenvalue weighted by molar-refractivity contribution is 5.75. The van der Waals surface area contributed by atoms with Crippen LogP contribution in [0.1, 0.15) is 26.2 Å². The Morgan fingerprint density at radius 1 is 1.64 bits per heavy atom. The van der Waals surface area contributed by atoms with Crippen LogP contribution in [0.25, 0.3) is 0 Å². The number of rotatable bonds is 4. The van der Waals surface area contributed by atoms with E-state index in [0.29, 0.717) is 12.0 Å². The molecule has 0 saturated heterocycles. The van der Waals surface area contributed by atoms with Gasteiger partial charge in [-0.05, 0) is 38.6 Å². The van der Waals surface area contributed by atoms with Gasteiger partial charge in [-0.1, -0.05) is 0 Å². The smallest absolute Gasteiger partial charge is 0.322 e. The second-order valence-corrected chi connectivity index (χ2v) is 4.09. The van der Waals surface area contributed by atoms with Gasteiger partial charge in [-0.3, -0.25) is 4.79 Å². The van der Waals surface area contributed by atoms with E-state index >= 15 is 0 Å². The standard InChI is InChI=1S/C10H20N2O2/c1-7(10(13)14-2)12-6-8-3-4-9(11)5-8/h7-9,12H,3-6,11H2,1-2H3/t7?,8-,9+/m1/s1. The summed E-state index contributed by atoms with van der Waals surface area (Å²) in [7, 11) is 1.41. The van der Waals surface area contributed by atoms with E-state index in [-0.39, 0.29) is 12.0 Å². The number of methoxy groups -OCH3 is 1. The predicted molar refractivity (Wildman–Crippen MR) is 54.8 cm³/mol. The number of esters is 1. The second kappa shape index (κ2) is 5.32. The normalized spacial score (nSPS) is 28.8. The fourth-order valence-corrected chi connectivity index (χ4v) is 1.90. The summed E-state index contributed by atoms with van der Waals surface area (Å²) in [5, 5.41) is 3.17. The van der Waals surface area contributed by atoms with Gasteiger partial charge in [0.2, 0.25) is 0 Å². The lowest BCUT2D eigenvalue weighted by Crippen LogP contribution is -2.37. The summed E-state index contributed by atoms with van der Waals surface area (Å²) in [6.07, 6.45) is 3.35. The summed E-state index contributed by atoms with van der Waals surface area (Å²) >= 11 is 0. The Morgan fingerprint density at radius 2 is 2.36 bits per heavy atom. The molecule has 3 N–H and O–H groups in total. The minimum absolute atomic E-state index is 0.202. The van der Waals surface area contributed by atoms with E-state index in [1.165, 1.54) is 13.5 Å². The van der Waals surface area contributed by atoms with Gasteiger partial charge in [-0.2, -0.15) is 0 Å². The van der Waals surface area contributed by atoms with Gasteiger partial charge in [0.25, 0.3) is 0 Å². The summed E-state index contributed by atoms with van der Waals surface area (Å²) in [4.78, 5) is 11.1. The van der Waals surface area contributed by atoms with Gasteiger partial charge in [-0.15, -0.1) is 0 Å². The molecule has 4 nitrogen and oxygen atoms in total. The maximum absolute atomic E-state index is 11.1. The van der Waals surface area contributed by atoms with Crippen molar-refractivity contribution in [3.63, 3.8) is 0 Å². The summed E-state index contributed by atoms with van der Waals surface area (Å²) in [6, 6.07) is 0.145. The van der Waals surface area contributed by atoms with Crippen LogP contribution >= 0.6 is 0 Å². The Hall–Kier alpha value is -0.610. The van der Waals surface area contributed by atoms with E-state index in [1.807, 2.05) is 6.92 Å². The van der Waals surface area contributed by atoms with Crippen LogP contribution in [0, 0.1) is 5.92 Å². The topological polar surface area (TPSA) is 64.3 Å². The van der Waals surface area contributed by atoms with Gasteiger partial charge in [0.05, 0.1) is 7.11 Å². The number of nitrogens with one attached hydrogen (secondary N) is 1. The Balaban J connectivity index is 2.17. The third-order valence-corrected chi connectivity index (χ3v) is 2.85. The van der Waals surface area contributed by atoms with Crippen LogP contribution in [0.4, 0.5) is 0 Å². The first-order valence-corrected chi connectivity index (χ1v) is 5.20. The first kappa shape index (κ1) is 11.5. The molecular formula is C10H20N2O2. The lowest BCUT2D eigenvalue weighted by atomic mass is 10.1. The van der Waals surface area contributed by atoms with Crippen molar-refractivity contribution in [3.8, 4) is 0 Å². The van der Waals surface area contributed by atoms with Crippen LogP contribution in [0.3, 0.4) is 0 Å². The Labute approximate surface area is 85.2 Å². The molecule has 0 spiro atoms. The molecule has 0 aliphatic heterocycles. The van der Waals surface area contributed by atoms with Crippen LogP contribution in [-0.2, 0) is 9.53 Å². The fourth-order valence-electron chi connectivity index (χ4n) is 1.90. The van der Waals surface area contributed by atoms with Crippen LogP contribution in [0.2, 0.25) is 0 Å². The Kier molecular flexibility index (Phi) is 4.35. The molecule has 1 saturated carbocycles. The summed E-state index contributed by atoms with van der Waals surface area (Å²) in [5.74, 6) is 0.421. The maximum atomic E-state index is 11.1. The molecule has 0 heterocycles. The summed E-state index contributed by atoms with van der Waals surface area (Å²) < 4.78 is 4.62. The van der Waals surface area contributed by atoms with Crippen LogP contribution in [0.15, 0.2) is 0 Å². The molecule has 0 radical (unpaired) electrons. The largest absolute Gasteiger partial charge is 0.468 e. The third kappa shape index (κ3) is 3.27. The molecule has 0 aromatic heterocycles. The molecule has 1 fully saturated rings. The number of hydrogen-bond donors (Lipinski definition) is 2. The molecule has 0 bridgehead atoms. The fraction of sp³-hybridized carbons (Fsp3) is 0.900. The first-order valence-electron chi connectivity index (χ1n) is 5.20. The highest BCUT2D eigenvalue weighted by atomic mass is 16.5. The van der Waals surface area contributed by atoms with E-state index in [1.54, 1.807) is 0 Å². The highest BCUT2D eigenvalue weighted by Gasteiger charge is 2.22. The molecule has 1 unspecified atom stereocenters. The number of ether oxygens (including phenoxy) is 1. The summed E-state index contributed by atoms with van der Waals surface area (Å²) in [5.41, 5.74) is 5.80. The van der Waals surface area contributed by atoms with Crippen LogP contribution < -0.4 is 11.1 Å². The minimum Gasteiger partial charge on any atom is -0.468 e. The SMILES string of the molecule is COC(=O)C(C)NC[C@@H]1CC[C@H](N)C1. The van der Waals surface area contributed by atoms with E-state index < -0.39 is 0 Å². The van der Waals surface area contributed by atoms with Crippen molar-refractivity contribution in [1.82, 2.24) is 5.32 Å². The molecular weight excluding hydrogens is 180 g/mol. The van der Waals surface area contributed by atoms with E-state index in [9.17, 15) is 4.79 Å². The average Bonchev–Trinajstić information content (AvgIpc) is 2.59. The molecule has 82 valence electrons. The molecule has 14 heavy (non-hydrogen) atoms. The second-order valence-electron chi connectivity index (χ2n) is 4.09. The van der Waals surface area contributed by atoms with Gasteiger partial charge in [0.15, 0.2) is 0 Å². The Morgan fingerprint density at radius 3 is 2.86 bits per heavy atom. The highest BCUT2D eigenvalue weighted by Crippen LogP contribution is 2.23. The van der Waals surface area contributed by atoms with Crippen molar-refractivity contribution in [2.24, 2.45) is 11.7 Å². The van der Waals surface area contributed by atoms with Gasteiger partial charge < -0.3 is 15.8 Å². The van der Waals surface area contributed by atoms with E-state index in [2.05, 4.69) is 10.1 Å². The Bertz CT molecular complexity index is 197. The number of carbonyl (C=O) groups excluding carboxylic acids is 1.